The molecular weight excluding hydrogens is 264 g/mol. The number of aryl methyl sites for hydroxylation is 1. The molecule has 5 nitrogen and oxygen atoms in total. The zero-order chi connectivity index (χ0) is 14.8. The Labute approximate surface area is 124 Å². The molecule has 1 aliphatic carbocycles. The molecule has 112 valence electrons. The van der Waals surface area contributed by atoms with Crippen LogP contribution in [0.3, 0.4) is 0 Å². The first kappa shape index (κ1) is 13.1. The minimum Gasteiger partial charge on any atom is -0.377 e. The molecule has 0 amide bonds. The van der Waals surface area contributed by atoms with Gasteiger partial charge in [-0.1, -0.05) is 13.8 Å². The highest BCUT2D eigenvalue weighted by Gasteiger charge is 2.61. The summed E-state index contributed by atoms with van der Waals surface area (Å²) in [6.45, 7) is 7.53. The molecule has 0 spiro atoms. The molecule has 0 bridgehead atoms. The summed E-state index contributed by atoms with van der Waals surface area (Å²) in [5.74, 6) is 1.64. The first-order valence-corrected chi connectivity index (χ1v) is 7.65. The van der Waals surface area contributed by atoms with E-state index in [-0.39, 0.29) is 5.41 Å². The molecule has 1 saturated heterocycles. The maximum atomic E-state index is 5.91. The number of hydrogen-bond acceptors (Lipinski definition) is 4. The molecule has 3 heterocycles. The summed E-state index contributed by atoms with van der Waals surface area (Å²) in [6.07, 6.45) is 5.30. The van der Waals surface area contributed by atoms with Crippen molar-refractivity contribution in [2.45, 2.75) is 39.3 Å². The second kappa shape index (κ2) is 4.19. The van der Waals surface area contributed by atoms with Gasteiger partial charge in [-0.05, 0) is 19.4 Å². The molecule has 2 aromatic rings. The van der Waals surface area contributed by atoms with Crippen molar-refractivity contribution < 1.29 is 4.74 Å². The van der Waals surface area contributed by atoms with Gasteiger partial charge in [-0.25, -0.2) is 9.50 Å². The summed E-state index contributed by atoms with van der Waals surface area (Å²) < 4.78 is 7.83. The van der Waals surface area contributed by atoms with Crippen LogP contribution in [0.15, 0.2) is 18.5 Å². The third kappa shape index (κ3) is 1.67. The van der Waals surface area contributed by atoms with Crippen molar-refractivity contribution in [1.29, 1.82) is 0 Å². The van der Waals surface area contributed by atoms with Crippen LogP contribution in [0.5, 0.6) is 0 Å². The van der Waals surface area contributed by atoms with Crippen LogP contribution in [-0.2, 0) is 4.74 Å². The van der Waals surface area contributed by atoms with Gasteiger partial charge in [-0.15, -0.1) is 0 Å². The fraction of sp³-hybridized carbons (Fsp3) is 0.625. The van der Waals surface area contributed by atoms with Crippen LogP contribution in [-0.4, -0.2) is 40.4 Å². The first-order chi connectivity index (χ1) is 10.00. The van der Waals surface area contributed by atoms with E-state index in [0.29, 0.717) is 18.1 Å². The van der Waals surface area contributed by atoms with Crippen LogP contribution in [0.2, 0.25) is 0 Å². The highest BCUT2D eigenvalue weighted by Crippen LogP contribution is 2.54. The van der Waals surface area contributed by atoms with Crippen molar-refractivity contribution in [2.24, 2.45) is 11.3 Å². The molecular formula is C16H22N4O. The summed E-state index contributed by atoms with van der Waals surface area (Å²) in [4.78, 5) is 6.97. The lowest BCUT2D eigenvalue weighted by atomic mass is 9.57. The van der Waals surface area contributed by atoms with Crippen molar-refractivity contribution in [1.82, 2.24) is 14.6 Å². The molecule has 21 heavy (non-hydrogen) atoms. The Hall–Kier alpha value is -1.62. The first-order valence-electron chi connectivity index (χ1n) is 7.65. The van der Waals surface area contributed by atoms with Gasteiger partial charge in [-0.2, -0.15) is 5.10 Å². The van der Waals surface area contributed by atoms with Crippen molar-refractivity contribution in [3.63, 3.8) is 0 Å². The molecule has 0 aromatic carbocycles. The van der Waals surface area contributed by atoms with Crippen molar-refractivity contribution in [2.75, 3.05) is 18.6 Å². The van der Waals surface area contributed by atoms with Crippen LogP contribution in [0.4, 0.5) is 5.82 Å². The Morgan fingerprint density at radius 1 is 1.43 bits per heavy atom. The Morgan fingerprint density at radius 3 is 3.05 bits per heavy atom. The minimum atomic E-state index is 0.166. The monoisotopic (exact) mass is 286 g/mol. The molecule has 2 fully saturated rings. The van der Waals surface area contributed by atoms with Crippen LogP contribution < -0.4 is 4.90 Å². The second-order valence-electron chi connectivity index (χ2n) is 6.99. The van der Waals surface area contributed by atoms with Crippen LogP contribution in [0.25, 0.3) is 5.52 Å². The lowest BCUT2D eigenvalue weighted by Crippen LogP contribution is -2.66. The Kier molecular flexibility index (Phi) is 2.61. The van der Waals surface area contributed by atoms with E-state index in [1.165, 1.54) is 0 Å². The summed E-state index contributed by atoms with van der Waals surface area (Å²) in [6, 6.07) is 2.58. The summed E-state index contributed by atoms with van der Waals surface area (Å²) in [5.41, 5.74) is 2.27. The number of anilines is 1. The lowest BCUT2D eigenvalue weighted by molar-refractivity contribution is -0.101. The second-order valence-corrected chi connectivity index (χ2v) is 6.99. The number of aromatic nitrogens is 3. The fourth-order valence-electron chi connectivity index (χ4n) is 4.52. The Balaban J connectivity index is 1.75. The molecule has 2 aromatic heterocycles. The van der Waals surface area contributed by atoms with Gasteiger partial charge in [0.15, 0.2) is 5.82 Å². The zero-order valence-electron chi connectivity index (χ0n) is 13.1. The summed E-state index contributed by atoms with van der Waals surface area (Å²) in [5, 5.41) is 4.49. The number of ether oxygens (including phenoxy) is 1. The van der Waals surface area contributed by atoms with E-state index < -0.39 is 0 Å². The number of nitrogens with zero attached hydrogens (tertiary/aromatic N) is 4. The zero-order valence-corrected chi connectivity index (χ0v) is 13.1. The maximum Gasteiger partial charge on any atom is 0.154 e. The van der Waals surface area contributed by atoms with Gasteiger partial charge in [0, 0.05) is 43.4 Å². The van der Waals surface area contributed by atoms with Crippen LogP contribution in [0.1, 0.15) is 26.0 Å². The van der Waals surface area contributed by atoms with E-state index in [4.69, 9.17) is 4.74 Å². The average molecular weight is 286 g/mol. The molecule has 2 aliphatic rings. The van der Waals surface area contributed by atoms with Crippen LogP contribution >= 0.6 is 0 Å². The standard InChI is InChI=1S/C16H22N4O/c1-10-9-12-15(17-6-7-20(12)18-10)19(4)13-11-5-8-21-14(11)16(13,2)3/h6-7,9,11,13-14H,5,8H2,1-4H3. The van der Waals surface area contributed by atoms with E-state index in [1.54, 1.807) is 0 Å². The van der Waals surface area contributed by atoms with E-state index in [1.807, 2.05) is 23.8 Å². The van der Waals surface area contributed by atoms with Crippen molar-refractivity contribution in [3.8, 4) is 0 Å². The van der Waals surface area contributed by atoms with Crippen molar-refractivity contribution in [3.05, 3.63) is 24.2 Å². The quantitative estimate of drug-likeness (QED) is 0.849. The van der Waals surface area contributed by atoms with Crippen molar-refractivity contribution >= 4 is 11.3 Å². The SMILES string of the molecule is Cc1cc2c(N(C)C3C4CCOC4C3(C)C)nccn2n1. The predicted molar refractivity (Wildman–Crippen MR) is 81.5 cm³/mol. The summed E-state index contributed by atoms with van der Waals surface area (Å²) in [7, 11) is 2.16. The molecule has 4 rings (SSSR count). The number of hydrogen-bond donors (Lipinski definition) is 0. The van der Waals surface area contributed by atoms with Gasteiger partial charge in [0.25, 0.3) is 0 Å². The maximum absolute atomic E-state index is 5.91. The van der Waals surface area contributed by atoms with Gasteiger partial charge in [-0.3, -0.25) is 0 Å². The van der Waals surface area contributed by atoms with E-state index in [0.717, 1.165) is 30.1 Å². The predicted octanol–water partition coefficient (Wildman–Crippen LogP) is 2.29. The highest BCUT2D eigenvalue weighted by molar-refractivity contribution is 5.69. The molecule has 3 unspecified atom stereocenters. The minimum absolute atomic E-state index is 0.166. The van der Waals surface area contributed by atoms with Gasteiger partial charge in [0.2, 0.25) is 0 Å². The topological polar surface area (TPSA) is 42.7 Å². The molecule has 5 heteroatoms. The summed E-state index contributed by atoms with van der Waals surface area (Å²) >= 11 is 0. The van der Waals surface area contributed by atoms with Gasteiger partial charge in [0.05, 0.1) is 11.8 Å². The Bertz CT molecular complexity index is 693. The third-order valence-electron chi connectivity index (χ3n) is 5.28. The van der Waals surface area contributed by atoms with E-state index in [9.17, 15) is 0 Å². The van der Waals surface area contributed by atoms with E-state index in [2.05, 4.69) is 41.9 Å². The normalized spacial score (nSPS) is 30.2. The molecule has 1 aliphatic heterocycles. The van der Waals surface area contributed by atoms with Gasteiger partial charge >= 0.3 is 0 Å². The molecule has 0 N–H and O–H groups in total. The third-order valence-corrected chi connectivity index (χ3v) is 5.28. The smallest absolute Gasteiger partial charge is 0.154 e. The van der Waals surface area contributed by atoms with E-state index >= 15 is 0 Å². The highest BCUT2D eigenvalue weighted by atomic mass is 16.5. The molecule has 3 atom stereocenters. The largest absolute Gasteiger partial charge is 0.377 e. The Morgan fingerprint density at radius 2 is 2.24 bits per heavy atom. The lowest BCUT2D eigenvalue weighted by Gasteiger charge is -2.58. The molecule has 1 saturated carbocycles. The molecule has 0 radical (unpaired) electrons. The van der Waals surface area contributed by atoms with Crippen LogP contribution in [0, 0.1) is 18.3 Å². The number of fused-ring (bicyclic) bond motifs is 2. The van der Waals surface area contributed by atoms with Gasteiger partial charge in [0.1, 0.15) is 5.52 Å². The number of rotatable bonds is 2. The average Bonchev–Trinajstić information content (AvgIpc) is 3.01. The van der Waals surface area contributed by atoms with Gasteiger partial charge < -0.3 is 9.64 Å². The fourth-order valence-corrected chi connectivity index (χ4v) is 4.52.